The first-order valence-corrected chi connectivity index (χ1v) is 10.0. The van der Waals surface area contributed by atoms with Crippen LogP contribution in [-0.2, 0) is 6.42 Å². The molecule has 1 aliphatic rings. The topological polar surface area (TPSA) is 44.7 Å². The first-order chi connectivity index (χ1) is 14.2. The van der Waals surface area contributed by atoms with E-state index in [1.54, 1.807) is 0 Å². The molecule has 0 aliphatic carbocycles. The lowest BCUT2D eigenvalue weighted by atomic mass is 9.98. The maximum absolute atomic E-state index is 13.0. The number of nitrogens with one attached hydrogen (secondary N) is 1. The van der Waals surface area contributed by atoms with Crippen molar-refractivity contribution in [1.29, 1.82) is 0 Å². The zero-order valence-corrected chi connectivity index (χ0v) is 16.6. The Labute approximate surface area is 171 Å². The molecule has 1 heterocycles. The summed E-state index contributed by atoms with van der Waals surface area (Å²) >= 11 is 0. The molecule has 4 rings (SSSR count). The Morgan fingerprint density at radius 3 is 2.24 bits per heavy atom. The summed E-state index contributed by atoms with van der Waals surface area (Å²) in [6.45, 7) is 2.93. The van der Waals surface area contributed by atoms with Gasteiger partial charge in [-0.15, -0.1) is 0 Å². The third-order valence-electron chi connectivity index (χ3n) is 5.19. The largest absolute Gasteiger partial charge is 0.345 e. The highest BCUT2D eigenvalue weighted by Gasteiger charge is 2.17. The van der Waals surface area contributed by atoms with E-state index in [2.05, 4.69) is 34.7 Å². The number of carbonyl (C=O) groups is 1. The Morgan fingerprint density at radius 2 is 1.62 bits per heavy atom. The smallest absolute Gasteiger partial charge is 0.251 e. The van der Waals surface area contributed by atoms with Gasteiger partial charge in [0.25, 0.3) is 5.91 Å². The van der Waals surface area contributed by atoms with Crippen molar-refractivity contribution in [3.8, 4) is 0 Å². The lowest BCUT2D eigenvalue weighted by molar-refractivity contribution is 0.0936. The number of amides is 1. The van der Waals surface area contributed by atoms with Gasteiger partial charge in [0.05, 0.1) is 11.7 Å². The molecule has 1 aliphatic heterocycles. The molecule has 3 aromatic rings. The molecular weight excluding hydrogens is 358 g/mol. The zero-order valence-electron chi connectivity index (χ0n) is 16.6. The van der Waals surface area contributed by atoms with Gasteiger partial charge in [0.1, 0.15) is 0 Å². The maximum atomic E-state index is 13.0. The number of benzene rings is 3. The second kappa shape index (κ2) is 8.74. The molecule has 1 atom stereocenters. The summed E-state index contributed by atoms with van der Waals surface area (Å²) in [7, 11) is 0. The molecule has 4 nitrogen and oxygen atoms in total. The quantitative estimate of drug-likeness (QED) is 0.652. The third kappa shape index (κ3) is 4.72. The summed E-state index contributed by atoms with van der Waals surface area (Å²) < 4.78 is 0. The van der Waals surface area contributed by atoms with E-state index in [1.807, 2.05) is 72.6 Å². The summed E-state index contributed by atoms with van der Waals surface area (Å²) in [6, 6.07) is 28.0. The average molecular weight is 383 g/mol. The fourth-order valence-electron chi connectivity index (χ4n) is 3.57. The SMILES string of the molecule is CC1=NN(c2ccc(C(=O)NC(Cc3ccccc3)c3ccccc3)cc2)CC1. The van der Waals surface area contributed by atoms with Gasteiger partial charge < -0.3 is 5.32 Å². The van der Waals surface area contributed by atoms with Crippen LogP contribution in [-0.4, -0.2) is 18.2 Å². The molecule has 3 aromatic carbocycles. The Hall–Kier alpha value is -3.40. The van der Waals surface area contributed by atoms with Crippen molar-refractivity contribution in [2.75, 3.05) is 11.6 Å². The number of hydrogen-bond acceptors (Lipinski definition) is 3. The Bertz CT molecular complexity index is 982. The van der Waals surface area contributed by atoms with Gasteiger partial charge in [-0.05, 0) is 48.7 Å². The van der Waals surface area contributed by atoms with Gasteiger partial charge in [-0.25, -0.2) is 0 Å². The van der Waals surface area contributed by atoms with Crippen molar-refractivity contribution >= 4 is 17.3 Å². The summed E-state index contributed by atoms with van der Waals surface area (Å²) in [5.41, 5.74) is 5.10. The fourth-order valence-corrected chi connectivity index (χ4v) is 3.57. The molecule has 0 saturated heterocycles. The molecule has 1 amide bonds. The van der Waals surface area contributed by atoms with Gasteiger partial charge in [-0.2, -0.15) is 5.10 Å². The number of rotatable bonds is 6. The van der Waals surface area contributed by atoms with Crippen LogP contribution in [0.15, 0.2) is 90.0 Å². The van der Waals surface area contributed by atoms with Gasteiger partial charge in [-0.1, -0.05) is 60.7 Å². The van der Waals surface area contributed by atoms with Crippen LogP contribution < -0.4 is 10.3 Å². The van der Waals surface area contributed by atoms with Crippen LogP contribution in [0.3, 0.4) is 0 Å². The molecular formula is C25H25N3O. The number of nitrogens with zero attached hydrogens (tertiary/aromatic N) is 2. The van der Waals surface area contributed by atoms with E-state index in [1.165, 1.54) is 5.56 Å². The molecule has 0 fully saturated rings. The molecule has 0 saturated carbocycles. The van der Waals surface area contributed by atoms with E-state index in [0.29, 0.717) is 5.56 Å². The minimum absolute atomic E-state index is 0.0672. The van der Waals surface area contributed by atoms with E-state index in [-0.39, 0.29) is 11.9 Å². The summed E-state index contributed by atoms with van der Waals surface area (Å²) in [4.78, 5) is 13.0. The van der Waals surface area contributed by atoms with Crippen LogP contribution in [0, 0.1) is 0 Å². The van der Waals surface area contributed by atoms with Gasteiger partial charge >= 0.3 is 0 Å². The van der Waals surface area contributed by atoms with Crippen LogP contribution >= 0.6 is 0 Å². The summed E-state index contributed by atoms with van der Waals surface area (Å²) in [5.74, 6) is -0.0672. The van der Waals surface area contributed by atoms with Gasteiger partial charge in [0.15, 0.2) is 0 Å². The van der Waals surface area contributed by atoms with E-state index in [0.717, 1.165) is 36.3 Å². The molecule has 146 valence electrons. The lowest BCUT2D eigenvalue weighted by Crippen LogP contribution is -2.30. The number of hydrazone groups is 1. The molecule has 1 N–H and O–H groups in total. The Morgan fingerprint density at radius 1 is 0.966 bits per heavy atom. The van der Waals surface area contributed by atoms with E-state index in [4.69, 9.17) is 0 Å². The lowest BCUT2D eigenvalue weighted by Gasteiger charge is -2.20. The molecule has 0 bridgehead atoms. The second-order valence-electron chi connectivity index (χ2n) is 7.38. The second-order valence-corrected chi connectivity index (χ2v) is 7.38. The molecule has 4 heteroatoms. The average Bonchev–Trinajstić information content (AvgIpc) is 3.21. The minimum atomic E-state index is -0.0865. The normalized spacial score (nSPS) is 14.4. The molecule has 29 heavy (non-hydrogen) atoms. The predicted octanol–water partition coefficient (Wildman–Crippen LogP) is 4.99. The van der Waals surface area contributed by atoms with Crippen LogP contribution in [0.5, 0.6) is 0 Å². The van der Waals surface area contributed by atoms with Gasteiger partial charge in [0.2, 0.25) is 0 Å². The standard InChI is InChI=1S/C25H25N3O/c1-19-16-17-28(27-19)23-14-12-22(13-15-23)25(29)26-24(21-10-6-3-7-11-21)18-20-8-4-2-5-9-20/h2-15,24H,16-18H2,1H3,(H,26,29). The van der Waals surface area contributed by atoms with Crippen molar-refractivity contribution in [2.24, 2.45) is 5.10 Å². The van der Waals surface area contributed by atoms with E-state index in [9.17, 15) is 4.79 Å². The molecule has 0 spiro atoms. The highest BCUT2D eigenvalue weighted by molar-refractivity contribution is 5.95. The number of carbonyl (C=O) groups excluding carboxylic acids is 1. The number of hydrogen-bond donors (Lipinski definition) is 1. The predicted molar refractivity (Wildman–Crippen MR) is 118 cm³/mol. The highest BCUT2D eigenvalue weighted by atomic mass is 16.1. The highest BCUT2D eigenvalue weighted by Crippen LogP contribution is 2.22. The van der Waals surface area contributed by atoms with E-state index >= 15 is 0 Å². The van der Waals surface area contributed by atoms with Gasteiger partial charge in [0, 0.05) is 24.2 Å². The first-order valence-electron chi connectivity index (χ1n) is 10.0. The van der Waals surface area contributed by atoms with Crippen molar-refractivity contribution in [2.45, 2.75) is 25.8 Å². The Balaban J connectivity index is 1.50. The van der Waals surface area contributed by atoms with Crippen molar-refractivity contribution in [1.82, 2.24) is 5.32 Å². The molecule has 0 aromatic heterocycles. The van der Waals surface area contributed by atoms with Crippen LogP contribution in [0.4, 0.5) is 5.69 Å². The summed E-state index contributed by atoms with van der Waals surface area (Å²) in [5, 5.41) is 9.72. The monoisotopic (exact) mass is 383 g/mol. The van der Waals surface area contributed by atoms with Crippen LogP contribution in [0.25, 0.3) is 0 Å². The van der Waals surface area contributed by atoms with Crippen molar-refractivity contribution < 1.29 is 4.79 Å². The first kappa shape index (κ1) is 18.9. The van der Waals surface area contributed by atoms with Crippen LogP contribution in [0.1, 0.15) is 40.9 Å². The van der Waals surface area contributed by atoms with Crippen molar-refractivity contribution in [3.63, 3.8) is 0 Å². The van der Waals surface area contributed by atoms with E-state index < -0.39 is 0 Å². The van der Waals surface area contributed by atoms with Crippen LogP contribution in [0.2, 0.25) is 0 Å². The van der Waals surface area contributed by atoms with Crippen molar-refractivity contribution in [3.05, 3.63) is 102 Å². The maximum Gasteiger partial charge on any atom is 0.251 e. The number of anilines is 1. The van der Waals surface area contributed by atoms with Gasteiger partial charge in [-0.3, -0.25) is 9.80 Å². The minimum Gasteiger partial charge on any atom is -0.345 e. The zero-order chi connectivity index (χ0) is 20.1. The Kier molecular flexibility index (Phi) is 5.71. The fraction of sp³-hybridized carbons (Fsp3) is 0.200. The summed E-state index contributed by atoms with van der Waals surface area (Å²) in [6.07, 6.45) is 1.73. The third-order valence-corrected chi connectivity index (χ3v) is 5.19. The molecule has 0 radical (unpaired) electrons. The molecule has 1 unspecified atom stereocenters.